The molecule has 0 aliphatic carbocycles. The molecular formula is C46H28N2OS. The van der Waals surface area contributed by atoms with Crippen molar-refractivity contribution in [3.05, 3.63) is 170 Å². The molecule has 0 atom stereocenters. The van der Waals surface area contributed by atoms with Crippen LogP contribution >= 0.6 is 11.3 Å². The number of benzene rings is 8. The van der Waals surface area contributed by atoms with Crippen LogP contribution in [0.25, 0.3) is 80.4 Å². The van der Waals surface area contributed by atoms with Crippen molar-refractivity contribution in [2.75, 3.05) is 4.90 Å². The average molecular weight is 657 g/mol. The Morgan fingerprint density at radius 2 is 1.04 bits per heavy atom. The number of thiophene rings is 1. The van der Waals surface area contributed by atoms with Gasteiger partial charge in [0.1, 0.15) is 11.2 Å². The van der Waals surface area contributed by atoms with Gasteiger partial charge in [-0.3, -0.25) is 0 Å². The van der Waals surface area contributed by atoms with Gasteiger partial charge in [0.05, 0.1) is 11.0 Å². The third kappa shape index (κ3) is 4.03. The SMILES string of the molecule is c1ccc(-n2c3cc(N(c4ccc5c(c4)oc4ccccc45)c4ccc5c(c4)sc4ccccc45)ccc3c3ccc4ccccc4c32)cc1. The molecule has 3 aromatic heterocycles. The Labute approximate surface area is 291 Å². The molecule has 0 unspecified atom stereocenters. The second-order valence-corrected chi connectivity index (χ2v) is 14.0. The Kier molecular flexibility index (Phi) is 5.83. The van der Waals surface area contributed by atoms with Gasteiger partial charge in [-0.15, -0.1) is 11.3 Å². The van der Waals surface area contributed by atoms with Gasteiger partial charge in [0, 0.05) is 75.9 Å². The molecule has 11 aromatic rings. The first kappa shape index (κ1) is 27.6. The van der Waals surface area contributed by atoms with Crippen LogP contribution in [0.2, 0.25) is 0 Å². The van der Waals surface area contributed by atoms with E-state index in [1.807, 2.05) is 23.5 Å². The summed E-state index contributed by atoms with van der Waals surface area (Å²) in [5, 5.41) is 9.79. The second-order valence-electron chi connectivity index (χ2n) is 12.9. The van der Waals surface area contributed by atoms with Gasteiger partial charge in [0.2, 0.25) is 0 Å². The van der Waals surface area contributed by atoms with E-state index < -0.39 is 0 Å². The van der Waals surface area contributed by atoms with E-state index in [0.717, 1.165) is 50.2 Å². The lowest BCUT2D eigenvalue weighted by molar-refractivity contribution is 0.669. The molecule has 0 radical (unpaired) electrons. The minimum atomic E-state index is 0.877. The van der Waals surface area contributed by atoms with Crippen LogP contribution in [0.15, 0.2) is 174 Å². The molecule has 0 fully saturated rings. The predicted molar refractivity (Wildman–Crippen MR) is 213 cm³/mol. The lowest BCUT2D eigenvalue weighted by Gasteiger charge is -2.26. The van der Waals surface area contributed by atoms with Gasteiger partial charge in [-0.05, 0) is 66.0 Å². The van der Waals surface area contributed by atoms with Crippen molar-refractivity contribution >= 4 is 103 Å². The molecule has 0 bridgehead atoms. The summed E-state index contributed by atoms with van der Waals surface area (Å²) >= 11 is 1.85. The standard InChI is InChI=1S/C46H28N2OS/c1-2-11-30(12-3-1)48-41-26-31(19-23-35(41)40-22-18-29-10-4-5-13-34(29)46(40)48)47(32-20-24-37-36-14-6-8-16-42(36)49-43(37)27-32)33-21-25-39-38-15-7-9-17-44(38)50-45(39)28-33/h1-28H. The fraction of sp³-hybridized carbons (Fsp3) is 0. The summed E-state index contributed by atoms with van der Waals surface area (Å²) in [5.74, 6) is 0. The first-order valence-corrected chi connectivity index (χ1v) is 17.7. The molecule has 3 heterocycles. The van der Waals surface area contributed by atoms with Crippen LogP contribution < -0.4 is 4.90 Å². The van der Waals surface area contributed by atoms with Gasteiger partial charge in [-0.2, -0.15) is 0 Å². The molecule has 234 valence electrons. The minimum Gasteiger partial charge on any atom is -0.456 e. The van der Waals surface area contributed by atoms with Gasteiger partial charge < -0.3 is 13.9 Å². The summed E-state index contributed by atoms with van der Waals surface area (Å²) in [7, 11) is 0. The highest BCUT2D eigenvalue weighted by molar-refractivity contribution is 7.25. The number of hydrogen-bond acceptors (Lipinski definition) is 3. The van der Waals surface area contributed by atoms with Crippen molar-refractivity contribution in [1.82, 2.24) is 4.57 Å². The van der Waals surface area contributed by atoms with Crippen LogP contribution in [0.3, 0.4) is 0 Å². The molecule has 8 aromatic carbocycles. The van der Waals surface area contributed by atoms with E-state index in [1.165, 1.54) is 47.2 Å². The molecule has 3 nitrogen and oxygen atoms in total. The van der Waals surface area contributed by atoms with Crippen LogP contribution in [0.5, 0.6) is 0 Å². The molecule has 0 amide bonds. The van der Waals surface area contributed by atoms with Crippen molar-refractivity contribution in [2.24, 2.45) is 0 Å². The largest absolute Gasteiger partial charge is 0.456 e. The lowest BCUT2D eigenvalue weighted by atomic mass is 10.1. The highest BCUT2D eigenvalue weighted by atomic mass is 32.1. The summed E-state index contributed by atoms with van der Waals surface area (Å²) in [5.41, 5.74) is 8.54. The Hall–Kier alpha value is -6.36. The third-order valence-corrected chi connectivity index (χ3v) is 11.3. The van der Waals surface area contributed by atoms with Crippen molar-refractivity contribution < 1.29 is 4.42 Å². The number of furan rings is 1. The number of aromatic nitrogens is 1. The molecule has 0 saturated heterocycles. The van der Waals surface area contributed by atoms with E-state index >= 15 is 0 Å². The summed E-state index contributed by atoms with van der Waals surface area (Å²) < 4.78 is 11.4. The number of anilines is 3. The van der Waals surface area contributed by atoms with Crippen molar-refractivity contribution in [2.45, 2.75) is 0 Å². The smallest absolute Gasteiger partial charge is 0.137 e. The maximum absolute atomic E-state index is 6.42. The van der Waals surface area contributed by atoms with Gasteiger partial charge in [-0.25, -0.2) is 0 Å². The van der Waals surface area contributed by atoms with Crippen molar-refractivity contribution in [3.63, 3.8) is 0 Å². The molecule has 0 saturated carbocycles. The Morgan fingerprint density at radius 1 is 0.420 bits per heavy atom. The quantitative estimate of drug-likeness (QED) is 0.188. The zero-order valence-electron chi connectivity index (χ0n) is 26.9. The number of fused-ring (bicyclic) bond motifs is 11. The van der Waals surface area contributed by atoms with Crippen LogP contribution in [0.1, 0.15) is 0 Å². The van der Waals surface area contributed by atoms with Gasteiger partial charge in [0.25, 0.3) is 0 Å². The maximum atomic E-state index is 6.42. The van der Waals surface area contributed by atoms with Crippen LogP contribution in [-0.2, 0) is 0 Å². The maximum Gasteiger partial charge on any atom is 0.137 e. The van der Waals surface area contributed by atoms with E-state index in [1.54, 1.807) is 0 Å². The van der Waals surface area contributed by atoms with Crippen molar-refractivity contribution in [3.8, 4) is 5.69 Å². The van der Waals surface area contributed by atoms with Gasteiger partial charge >= 0.3 is 0 Å². The first-order chi connectivity index (χ1) is 24.8. The highest BCUT2D eigenvalue weighted by Gasteiger charge is 2.20. The molecule has 11 rings (SSSR count). The molecule has 0 aliphatic rings. The molecule has 0 spiro atoms. The Balaban J connectivity index is 1.20. The summed E-state index contributed by atoms with van der Waals surface area (Å²) in [6, 6.07) is 61.3. The fourth-order valence-corrected chi connectivity index (χ4v) is 9.04. The van der Waals surface area contributed by atoms with E-state index in [-0.39, 0.29) is 0 Å². The zero-order chi connectivity index (χ0) is 32.8. The van der Waals surface area contributed by atoms with Crippen LogP contribution in [-0.4, -0.2) is 4.57 Å². The summed E-state index contributed by atoms with van der Waals surface area (Å²) in [6.07, 6.45) is 0. The minimum absolute atomic E-state index is 0.877. The normalized spacial score (nSPS) is 12.0. The number of para-hydroxylation sites is 2. The number of rotatable bonds is 4. The molecule has 0 N–H and O–H groups in total. The summed E-state index contributed by atoms with van der Waals surface area (Å²) in [4.78, 5) is 2.38. The second kappa shape index (κ2) is 10.6. The molecule has 0 aliphatic heterocycles. The lowest BCUT2D eigenvalue weighted by Crippen LogP contribution is -2.10. The van der Waals surface area contributed by atoms with E-state index in [4.69, 9.17) is 4.42 Å². The highest BCUT2D eigenvalue weighted by Crippen LogP contribution is 2.44. The Bertz CT molecular complexity index is 3000. The van der Waals surface area contributed by atoms with Crippen LogP contribution in [0, 0.1) is 0 Å². The number of nitrogens with zero attached hydrogens (tertiary/aromatic N) is 2. The van der Waals surface area contributed by atoms with Crippen molar-refractivity contribution in [1.29, 1.82) is 0 Å². The molecule has 50 heavy (non-hydrogen) atoms. The monoisotopic (exact) mass is 656 g/mol. The predicted octanol–water partition coefficient (Wildman–Crippen LogP) is 13.7. The molecule has 4 heteroatoms. The zero-order valence-corrected chi connectivity index (χ0v) is 27.7. The number of hydrogen-bond donors (Lipinski definition) is 0. The van der Waals surface area contributed by atoms with E-state index in [2.05, 4.69) is 167 Å². The Morgan fingerprint density at radius 3 is 1.92 bits per heavy atom. The van der Waals surface area contributed by atoms with Gasteiger partial charge in [-0.1, -0.05) is 103 Å². The van der Waals surface area contributed by atoms with Gasteiger partial charge in [0.15, 0.2) is 0 Å². The van der Waals surface area contributed by atoms with Crippen LogP contribution in [0.4, 0.5) is 17.1 Å². The topological polar surface area (TPSA) is 21.3 Å². The summed E-state index contributed by atoms with van der Waals surface area (Å²) in [6.45, 7) is 0. The molecular weight excluding hydrogens is 629 g/mol. The fourth-order valence-electron chi connectivity index (χ4n) is 7.91. The van der Waals surface area contributed by atoms with E-state index in [9.17, 15) is 0 Å². The van der Waals surface area contributed by atoms with E-state index in [0.29, 0.717) is 0 Å². The average Bonchev–Trinajstić information content (AvgIpc) is 3.84. The first-order valence-electron chi connectivity index (χ1n) is 16.9. The third-order valence-electron chi connectivity index (χ3n) is 10.2.